The molecule has 3 rings (SSSR count). The van der Waals surface area contributed by atoms with Gasteiger partial charge >= 0.3 is 5.97 Å². The molecule has 0 fully saturated rings. The van der Waals surface area contributed by atoms with E-state index in [2.05, 4.69) is 46.7 Å². The molecule has 3 aromatic rings. The van der Waals surface area contributed by atoms with Gasteiger partial charge in [-0.1, -0.05) is 35.5 Å². The lowest BCUT2D eigenvalue weighted by Crippen LogP contribution is -2.15. The number of aromatic carboxylic acids is 1. The Balaban J connectivity index is 1.53. The van der Waals surface area contributed by atoms with Gasteiger partial charge in [0.05, 0.1) is 17.1 Å². The Bertz CT molecular complexity index is 1020. The van der Waals surface area contributed by atoms with Crippen LogP contribution in [0.3, 0.4) is 0 Å². The fourth-order valence-electron chi connectivity index (χ4n) is 2.44. The molecule has 1 heterocycles. The highest BCUT2D eigenvalue weighted by atomic mass is 32.2. The van der Waals surface area contributed by atoms with Crippen LogP contribution in [-0.4, -0.2) is 37.5 Å². The van der Waals surface area contributed by atoms with Crippen LogP contribution in [0, 0.1) is 6.92 Å². The van der Waals surface area contributed by atoms with Crippen molar-refractivity contribution in [3.63, 3.8) is 0 Å². The number of thioether (sulfide) groups is 2. The third-order valence-corrected chi connectivity index (χ3v) is 6.07. The summed E-state index contributed by atoms with van der Waals surface area (Å²) in [6.07, 6.45) is 0. The van der Waals surface area contributed by atoms with E-state index in [4.69, 9.17) is 5.11 Å². The highest BCUT2D eigenvalue weighted by Crippen LogP contribution is 2.24. The van der Waals surface area contributed by atoms with Crippen LogP contribution in [0.25, 0.3) is 0 Å². The van der Waals surface area contributed by atoms with E-state index >= 15 is 0 Å². The van der Waals surface area contributed by atoms with Gasteiger partial charge in [-0.2, -0.15) is 0 Å². The molecule has 2 N–H and O–H groups in total. The Morgan fingerprint density at radius 2 is 1.86 bits per heavy atom. The van der Waals surface area contributed by atoms with Crippen molar-refractivity contribution in [2.45, 2.75) is 22.7 Å². The second-order valence-electron chi connectivity index (χ2n) is 6.28. The van der Waals surface area contributed by atoms with Crippen LogP contribution in [0.1, 0.15) is 21.7 Å². The summed E-state index contributed by atoms with van der Waals surface area (Å²) < 4.78 is 1.88. The molecule has 0 aliphatic rings. The van der Waals surface area contributed by atoms with Gasteiger partial charge in [0, 0.05) is 17.6 Å². The van der Waals surface area contributed by atoms with Gasteiger partial charge < -0.3 is 15.0 Å². The summed E-state index contributed by atoms with van der Waals surface area (Å²) in [4.78, 5) is 24.4. The number of aromatic nitrogens is 3. The normalized spacial score (nSPS) is 10.7. The maximum Gasteiger partial charge on any atom is 0.335 e. The van der Waals surface area contributed by atoms with Crippen molar-refractivity contribution < 1.29 is 14.7 Å². The lowest BCUT2D eigenvalue weighted by atomic mass is 10.2. The number of carboxylic acid groups (broad SMARTS) is 1. The predicted octanol–water partition coefficient (Wildman–Crippen LogP) is 3.84. The van der Waals surface area contributed by atoms with Crippen molar-refractivity contribution in [3.8, 4) is 0 Å². The van der Waals surface area contributed by atoms with Gasteiger partial charge in [-0.05, 0) is 37.3 Å². The summed E-state index contributed by atoms with van der Waals surface area (Å²) in [5, 5.41) is 20.8. The second-order valence-corrected chi connectivity index (χ2v) is 8.27. The van der Waals surface area contributed by atoms with Crippen LogP contribution >= 0.6 is 23.5 Å². The Hall–Kier alpha value is -2.78. The smallest absolute Gasteiger partial charge is 0.335 e. The number of benzene rings is 2. The lowest BCUT2D eigenvalue weighted by Gasteiger charge is -2.06. The molecule has 2 aromatic carbocycles. The minimum Gasteiger partial charge on any atom is -0.478 e. The van der Waals surface area contributed by atoms with Crippen LogP contribution in [0.5, 0.6) is 0 Å². The summed E-state index contributed by atoms with van der Waals surface area (Å²) in [6, 6.07) is 14.4. The van der Waals surface area contributed by atoms with Crippen LogP contribution in [0.4, 0.5) is 5.69 Å². The molecule has 0 saturated carbocycles. The topological polar surface area (TPSA) is 97.1 Å². The van der Waals surface area contributed by atoms with Gasteiger partial charge in [0.25, 0.3) is 0 Å². The van der Waals surface area contributed by atoms with E-state index in [-0.39, 0.29) is 17.2 Å². The highest BCUT2D eigenvalue weighted by Gasteiger charge is 2.12. The Morgan fingerprint density at radius 3 is 2.59 bits per heavy atom. The van der Waals surface area contributed by atoms with Crippen molar-refractivity contribution in [2.75, 3.05) is 11.1 Å². The SMILES string of the molecule is Cc1ccc(SCc2nnc(SCC(=O)Nc3cccc(C(=O)O)c3)n2C)cc1. The number of aryl methyl sites for hydroxylation is 1. The molecular formula is C20H20N4O3S2. The van der Waals surface area contributed by atoms with E-state index in [0.29, 0.717) is 16.6 Å². The molecule has 1 amide bonds. The number of anilines is 1. The highest BCUT2D eigenvalue weighted by molar-refractivity contribution is 7.99. The molecule has 1 aromatic heterocycles. The number of rotatable bonds is 8. The third-order valence-electron chi connectivity index (χ3n) is 4.04. The van der Waals surface area contributed by atoms with Gasteiger partial charge in [0.1, 0.15) is 5.82 Å². The number of carbonyl (C=O) groups is 2. The number of nitrogens with zero attached hydrogens (tertiary/aromatic N) is 3. The minimum absolute atomic E-state index is 0.125. The third kappa shape index (κ3) is 5.85. The molecule has 29 heavy (non-hydrogen) atoms. The van der Waals surface area contributed by atoms with E-state index in [1.807, 2.05) is 11.6 Å². The molecular weight excluding hydrogens is 408 g/mol. The quantitative estimate of drug-likeness (QED) is 0.526. The number of carboxylic acids is 1. The summed E-state index contributed by atoms with van der Waals surface area (Å²) in [7, 11) is 1.88. The van der Waals surface area contributed by atoms with Crippen LogP contribution in [0.2, 0.25) is 0 Å². The van der Waals surface area contributed by atoms with E-state index in [1.54, 1.807) is 23.9 Å². The molecule has 0 atom stereocenters. The molecule has 150 valence electrons. The molecule has 9 heteroatoms. The lowest BCUT2D eigenvalue weighted by molar-refractivity contribution is -0.113. The second kappa shape index (κ2) is 9.62. The molecule has 0 aliphatic carbocycles. The number of hydrogen-bond donors (Lipinski definition) is 2. The first-order chi connectivity index (χ1) is 13.9. The minimum atomic E-state index is -1.04. The monoisotopic (exact) mass is 428 g/mol. The number of hydrogen-bond acceptors (Lipinski definition) is 6. The predicted molar refractivity (Wildman–Crippen MR) is 114 cm³/mol. The van der Waals surface area contributed by atoms with Crippen molar-refractivity contribution in [1.29, 1.82) is 0 Å². The average molecular weight is 429 g/mol. The fourth-order valence-corrected chi connectivity index (χ4v) is 4.04. The maximum atomic E-state index is 12.2. The van der Waals surface area contributed by atoms with Crippen LogP contribution < -0.4 is 5.32 Å². The van der Waals surface area contributed by atoms with Gasteiger partial charge in [-0.25, -0.2) is 4.79 Å². The van der Waals surface area contributed by atoms with Gasteiger partial charge in [-0.15, -0.1) is 22.0 Å². The molecule has 0 bridgehead atoms. The van der Waals surface area contributed by atoms with E-state index in [1.165, 1.54) is 29.5 Å². The van der Waals surface area contributed by atoms with E-state index in [9.17, 15) is 9.59 Å². The molecule has 0 saturated heterocycles. The number of carbonyl (C=O) groups excluding carboxylic acids is 1. The number of amides is 1. The van der Waals surface area contributed by atoms with E-state index in [0.717, 1.165) is 10.7 Å². The standard InChI is InChI=1S/C20H20N4O3S2/c1-13-6-8-16(9-7-13)28-11-17-22-23-20(24(17)2)29-12-18(25)21-15-5-3-4-14(10-15)19(26)27/h3-10H,11-12H2,1-2H3,(H,21,25)(H,26,27). The Morgan fingerprint density at radius 1 is 1.10 bits per heavy atom. The first-order valence-electron chi connectivity index (χ1n) is 8.76. The van der Waals surface area contributed by atoms with Gasteiger partial charge in [-0.3, -0.25) is 4.79 Å². The van der Waals surface area contributed by atoms with Crippen molar-refractivity contribution in [3.05, 3.63) is 65.5 Å². The Kier molecular flexibility index (Phi) is 6.95. The summed E-state index contributed by atoms with van der Waals surface area (Å²) >= 11 is 2.96. The summed E-state index contributed by atoms with van der Waals surface area (Å²) in [5.41, 5.74) is 1.79. The summed E-state index contributed by atoms with van der Waals surface area (Å²) in [6.45, 7) is 2.06. The zero-order chi connectivity index (χ0) is 20.8. The largest absolute Gasteiger partial charge is 0.478 e. The van der Waals surface area contributed by atoms with E-state index < -0.39 is 5.97 Å². The van der Waals surface area contributed by atoms with Crippen molar-refractivity contribution in [2.24, 2.45) is 7.05 Å². The Labute approximate surface area is 176 Å². The van der Waals surface area contributed by atoms with Gasteiger partial charge in [0.2, 0.25) is 5.91 Å². The zero-order valence-corrected chi connectivity index (χ0v) is 17.6. The molecule has 0 spiro atoms. The van der Waals surface area contributed by atoms with Crippen molar-refractivity contribution >= 4 is 41.1 Å². The molecule has 0 aliphatic heterocycles. The maximum absolute atomic E-state index is 12.2. The first-order valence-corrected chi connectivity index (χ1v) is 10.7. The zero-order valence-electron chi connectivity index (χ0n) is 16.0. The molecule has 0 unspecified atom stereocenters. The van der Waals surface area contributed by atoms with Crippen LogP contribution in [-0.2, 0) is 17.6 Å². The summed E-state index contributed by atoms with van der Waals surface area (Å²) in [5.74, 6) is 0.379. The first kappa shape index (κ1) is 20.9. The number of nitrogens with one attached hydrogen (secondary N) is 1. The van der Waals surface area contributed by atoms with Crippen LogP contribution in [0.15, 0.2) is 58.6 Å². The van der Waals surface area contributed by atoms with Gasteiger partial charge in [0.15, 0.2) is 5.16 Å². The van der Waals surface area contributed by atoms with Crippen molar-refractivity contribution in [1.82, 2.24) is 14.8 Å². The molecule has 0 radical (unpaired) electrons. The fraction of sp³-hybridized carbons (Fsp3) is 0.200. The molecule has 7 nitrogen and oxygen atoms in total. The average Bonchev–Trinajstić information content (AvgIpc) is 3.06.